The molecule has 2 atom stereocenters. The monoisotopic (exact) mass is 238 g/mol. The molecule has 1 saturated carbocycles. The molecule has 1 saturated heterocycles. The number of hydrogen-bond donors (Lipinski definition) is 1. The molecule has 2 rings (SSSR count). The molecular weight excluding hydrogens is 212 g/mol. The quantitative estimate of drug-likeness (QED) is 0.718. The van der Waals surface area contributed by atoms with Gasteiger partial charge >= 0.3 is 0 Å². The maximum absolute atomic E-state index is 10.3. The molecule has 1 heterocycles. The van der Waals surface area contributed by atoms with Gasteiger partial charge in [-0.05, 0) is 57.0 Å². The summed E-state index contributed by atoms with van der Waals surface area (Å²) in [6, 6.07) is 0.752. The lowest BCUT2D eigenvalue weighted by atomic mass is 9.90. The summed E-state index contributed by atoms with van der Waals surface area (Å²) in [5.41, 5.74) is 0.596. The Morgan fingerprint density at radius 1 is 1.47 bits per heavy atom. The zero-order valence-corrected chi connectivity index (χ0v) is 11.2. The van der Waals surface area contributed by atoms with Crippen molar-refractivity contribution >= 4 is 6.41 Å². The van der Waals surface area contributed by atoms with Crippen LogP contribution in [-0.2, 0) is 4.79 Å². The standard InChI is InChI=1S/C14H26N2O/c1-3-4-12(2)16-7-5-14(6-8-16)9-13(14)10-15-11-17/h11-13H,3-10H2,1-2H3,(H,15,17)/t12?,13-/m0/s1. The molecule has 0 radical (unpaired) electrons. The smallest absolute Gasteiger partial charge is 0.207 e. The van der Waals surface area contributed by atoms with Crippen LogP contribution in [0, 0.1) is 11.3 Å². The van der Waals surface area contributed by atoms with Crippen LogP contribution in [-0.4, -0.2) is 37.0 Å². The van der Waals surface area contributed by atoms with Crippen LogP contribution in [0.15, 0.2) is 0 Å². The molecule has 0 aromatic heterocycles. The van der Waals surface area contributed by atoms with Crippen LogP contribution in [0.4, 0.5) is 0 Å². The predicted molar refractivity (Wildman–Crippen MR) is 69.8 cm³/mol. The highest BCUT2D eigenvalue weighted by atomic mass is 16.1. The molecule has 3 heteroatoms. The molecule has 1 amide bonds. The van der Waals surface area contributed by atoms with Gasteiger partial charge in [-0.3, -0.25) is 4.79 Å². The van der Waals surface area contributed by atoms with Gasteiger partial charge in [0.1, 0.15) is 0 Å². The Balaban J connectivity index is 1.74. The Morgan fingerprint density at radius 2 is 2.18 bits per heavy atom. The molecule has 1 N–H and O–H groups in total. The molecule has 0 aromatic rings. The molecule has 1 spiro atoms. The molecule has 1 unspecified atom stereocenters. The van der Waals surface area contributed by atoms with E-state index >= 15 is 0 Å². The van der Waals surface area contributed by atoms with E-state index in [0.717, 1.165) is 24.9 Å². The molecule has 1 aliphatic carbocycles. The van der Waals surface area contributed by atoms with E-state index in [1.807, 2.05) is 0 Å². The van der Waals surface area contributed by atoms with Gasteiger partial charge in [0.15, 0.2) is 0 Å². The zero-order valence-electron chi connectivity index (χ0n) is 11.2. The summed E-state index contributed by atoms with van der Waals surface area (Å²) in [6.45, 7) is 8.05. The van der Waals surface area contributed by atoms with E-state index in [2.05, 4.69) is 24.1 Å². The normalized spacial score (nSPS) is 28.9. The molecule has 0 aromatic carbocycles. The van der Waals surface area contributed by atoms with E-state index in [0.29, 0.717) is 5.41 Å². The number of nitrogens with one attached hydrogen (secondary N) is 1. The molecule has 2 aliphatic rings. The van der Waals surface area contributed by atoms with Crippen LogP contribution in [0.5, 0.6) is 0 Å². The van der Waals surface area contributed by atoms with Crippen LogP contribution in [0.3, 0.4) is 0 Å². The lowest BCUT2D eigenvalue weighted by molar-refractivity contribution is -0.109. The first-order valence-corrected chi connectivity index (χ1v) is 7.13. The number of rotatable bonds is 6. The summed E-state index contributed by atoms with van der Waals surface area (Å²) in [6.07, 6.45) is 7.46. The van der Waals surface area contributed by atoms with Crippen molar-refractivity contribution in [3.63, 3.8) is 0 Å². The summed E-state index contributed by atoms with van der Waals surface area (Å²) in [4.78, 5) is 13.0. The van der Waals surface area contributed by atoms with E-state index in [1.165, 1.54) is 45.2 Å². The second kappa shape index (κ2) is 5.38. The predicted octanol–water partition coefficient (Wildman–Crippen LogP) is 2.02. The van der Waals surface area contributed by atoms with Gasteiger partial charge in [-0.25, -0.2) is 0 Å². The fourth-order valence-electron chi connectivity index (χ4n) is 3.53. The minimum absolute atomic E-state index is 0.596. The maximum atomic E-state index is 10.3. The van der Waals surface area contributed by atoms with Gasteiger partial charge < -0.3 is 10.2 Å². The van der Waals surface area contributed by atoms with Gasteiger partial charge in [-0.1, -0.05) is 13.3 Å². The van der Waals surface area contributed by atoms with Crippen molar-refractivity contribution < 1.29 is 4.79 Å². The van der Waals surface area contributed by atoms with Gasteiger partial charge in [0.25, 0.3) is 0 Å². The number of likely N-dealkylation sites (tertiary alicyclic amines) is 1. The minimum atomic E-state index is 0.596. The van der Waals surface area contributed by atoms with E-state index in [9.17, 15) is 4.79 Å². The average Bonchev–Trinajstić information content (AvgIpc) is 3.00. The van der Waals surface area contributed by atoms with Crippen molar-refractivity contribution in [1.82, 2.24) is 10.2 Å². The summed E-state index contributed by atoms with van der Waals surface area (Å²) in [5, 5.41) is 2.84. The van der Waals surface area contributed by atoms with Gasteiger partial charge in [0, 0.05) is 12.6 Å². The third kappa shape index (κ3) is 2.82. The number of carbonyl (C=O) groups is 1. The summed E-state index contributed by atoms with van der Waals surface area (Å²) in [7, 11) is 0. The van der Waals surface area contributed by atoms with E-state index in [4.69, 9.17) is 0 Å². The lowest BCUT2D eigenvalue weighted by Crippen LogP contribution is -2.41. The SMILES string of the molecule is CCCC(C)N1CCC2(CC1)C[C@H]2CNC=O. The van der Waals surface area contributed by atoms with Crippen molar-refractivity contribution in [1.29, 1.82) is 0 Å². The Hall–Kier alpha value is -0.570. The minimum Gasteiger partial charge on any atom is -0.358 e. The van der Waals surface area contributed by atoms with Crippen molar-refractivity contribution in [2.75, 3.05) is 19.6 Å². The first-order chi connectivity index (χ1) is 8.22. The highest BCUT2D eigenvalue weighted by Gasteiger charge is 2.54. The number of piperidine rings is 1. The number of amides is 1. The fraction of sp³-hybridized carbons (Fsp3) is 0.929. The van der Waals surface area contributed by atoms with Gasteiger partial charge in [0.2, 0.25) is 6.41 Å². The molecule has 17 heavy (non-hydrogen) atoms. The van der Waals surface area contributed by atoms with E-state index < -0.39 is 0 Å². The topological polar surface area (TPSA) is 32.3 Å². The highest BCUT2D eigenvalue weighted by Crippen LogP contribution is 2.59. The molecule has 3 nitrogen and oxygen atoms in total. The second-order valence-electron chi connectivity index (χ2n) is 5.96. The maximum Gasteiger partial charge on any atom is 0.207 e. The summed E-state index contributed by atoms with van der Waals surface area (Å²) >= 11 is 0. The average molecular weight is 238 g/mol. The van der Waals surface area contributed by atoms with Crippen LogP contribution in [0.2, 0.25) is 0 Å². The number of hydrogen-bond acceptors (Lipinski definition) is 2. The number of nitrogens with zero attached hydrogens (tertiary/aromatic N) is 1. The third-order valence-corrected chi connectivity index (χ3v) is 4.93. The van der Waals surface area contributed by atoms with Crippen LogP contribution in [0.25, 0.3) is 0 Å². The van der Waals surface area contributed by atoms with Crippen molar-refractivity contribution in [2.45, 2.75) is 52.0 Å². The van der Waals surface area contributed by atoms with Gasteiger partial charge in [0.05, 0.1) is 0 Å². The van der Waals surface area contributed by atoms with E-state index in [-0.39, 0.29) is 0 Å². The molecular formula is C14H26N2O. The fourth-order valence-corrected chi connectivity index (χ4v) is 3.53. The summed E-state index contributed by atoms with van der Waals surface area (Å²) < 4.78 is 0. The van der Waals surface area contributed by atoms with Crippen molar-refractivity contribution in [3.8, 4) is 0 Å². The van der Waals surface area contributed by atoms with Gasteiger partial charge in [-0.2, -0.15) is 0 Å². The van der Waals surface area contributed by atoms with Crippen molar-refractivity contribution in [3.05, 3.63) is 0 Å². The Bertz CT molecular complexity index is 259. The number of carbonyl (C=O) groups excluding carboxylic acids is 1. The zero-order chi connectivity index (χ0) is 12.3. The Kier molecular flexibility index (Phi) is 4.08. The molecule has 1 aliphatic heterocycles. The third-order valence-electron chi connectivity index (χ3n) is 4.93. The Labute approximate surface area is 105 Å². The lowest BCUT2D eigenvalue weighted by Gasteiger charge is -2.37. The van der Waals surface area contributed by atoms with Crippen molar-refractivity contribution in [2.24, 2.45) is 11.3 Å². The van der Waals surface area contributed by atoms with Crippen LogP contribution >= 0.6 is 0 Å². The van der Waals surface area contributed by atoms with Crippen LogP contribution < -0.4 is 5.32 Å². The van der Waals surface area contributed by atoms with E-state index in [1.54, 1.807) is 0 Å². The summed E-state index contributed by atoms with van der Waals surface area (Å²) in [5.74, 6) is 0.760. The van der Waals surface area contributed by atoms with Gasteiger partial charge in [-0.15, -0.1) is 0 Å². The molecule has 2 fully saturated rings. The largest absolute Gasteiger partial charge is 0.358 e. The first kappa shape index (κ1) is 12.9. The highest BCUT2D eigenvalue weighted by molar-refractivity contribution is 5.46. The molecule has 98 valence electrons. The molecule has 0 bridgehead atoms. The Morgan fingerprint density at radius 3 is 2.76 bits per heavy atom. The first-order valence-electron chi connectivity index (χ1n) is 7.13. The van der Waals surface area contributed by atoms with Crippen LogP contribution in [0.1, 0.15) is 46.0 Å². The second-order valence-corrected chi connectivity index (χ2v) is 5.96.